The van der Waals surface area contributed by atoms with Crippen molar-refractivity contribution in [1.29, 1.82) is 0 Å². The van der Waals surface area contributed by atoms with Gasteiger partial charge in [0.05, 0.1) is 34.6 Å². The molecule has 2 N–H and O–H groups in total. The molecule has 3 aromatic carbocycles. The van der Waals surface area contributed by atoms with E-state index >= 15 is 0 Å². The van der Waals surface area contributed by atoms with Crippen LogP contribution < -0.4 is 21.8 Å². The highest BCUT2D eigenvalue weighted by atomic mass is 19.1. The third kappa shape index (κ3) is 8.16. The van der Waals surface area contributed by atoms with E-state index < -0.39 is 11.4 Å². The Morgan fingerprint density at radius 1 is 0.732 bits per heavy atom. The first-order valence-electron chi connectivity index (χ1n) is 17.9. The molecule has 0 fully saturated rings. The lowest BCUT2D eigenvalue weighted by Crippen LogP contribution is -2.30. The van der Waals surface area contributed by atoms with Crippen molar-refractivity contribution in [3.8, 4) is 22.5 Å². The second-order valence-electron chi connectivity index (χ2n) is 13.0. The van der Waals surface area contributed by atoms with Crippen LogP contribution in [0.25, 0.3) is 33.4 Å². The Morgan fingerprint density at radius 2 is 1.39 bits per heavy atom. The number of halogens is 1. The zero-order chi connectivity index (χ0) is 39.9. The van der Waals surface area contributed by atoms with Gasteiger partial charge in [-0.2, -0.15) is 10.2 Å². The second kappa shape index (κ2) is 16.9. The van der Waals surface area contributed by atoms with Gasteiger partial charge in [0.25, 0.3) is 11.1 Å². The second-order valence-corrected chi connectivity index (χ2v) is 13.0. The van der Waals surface area contributed by atoms with Crippen molar-refractivity contribution in [3.63, 3.8) is 0 Å². The minimum absolute atomic E-state index is 0.0958. The number of ketones is 2. The summed E-state index contributed by atoms with van der Waals surface area (Å²) in [5.74, 6) is -1.02. The third-order valence-electron chi connectivity index (χ3n) is 8.75. The lowest BCUT2D eigenvalue weighted by Gasteiger charge is -2.18. The quantitative estimate of drug-likeness (QED) is 0.130. The van der Waals surface area contributed by atoms with E-state index in [1.54, 1.807) is 36.8 Å². The van der Waals surface area contributed by atoms with Crippen molar-refractivity contribution in [2.45, 2.75) is 47.2 Å². The van der Waals surface area contributed by atoms with E-state index in [4.69, 9.17) is 0 Å². The number of nitrogens with one attached hydrogen (secondary N) is 2. The van der Waals surface area contributed by atoms with Crippen molar-refractivity contribution in [3.05, 3.63) is 153 Å². The first-order valence-corrected chi connectivity index (χ1v) is 17.9. The van der Waals surface area contributed by atoms with Gasteiger partial charge in [-0.1, -0.05) is 48.5 Å². The van der Waals surface area contributed by atoms with Crippen LogP contribution >= 0.6 is 0 Å². The van der Waals surface area contributed by atoms with E-state index in [1.165, 1.54) is 41.4 Å². The smallest absolute Gasteiger partial charge is 0.291 e. The van der Waals surface area contributed by atoms with Gasteiger partial charge in [0, 0.05) is 41.1 Å². The zero-order valence-corrected chi connectivity index (χ0v) is 31.4. The molecular weight excluding hydrogens is 712 g/mol. The number of rotatable bonds is 10. The number of anilines is 4. The van der Waals surface area contributed by atoms with Crippen LogP contribution in [0.1, 0.15) is 61.4 Å². The van der Waals surface area contributed by atoms with Crippen LogP contribution in [0, 0.1) is 5.82 Å². The van der Waals surface area contributed by atoms with Gasteiger partial charge in [0.1, 0.15) is 28.6 Å². The number of nitrogens with zero attached hydrogens (tertiary/aromatic N) is 6. The molecule has 12 nitrogen and oxygen atoms in total. The number of aryl methyl sites for hydroxylation is 1. The van der Waals surface area contributed by atoms with Crippen molar-refractivity contribution in [2.75, 3.05) is 10.6 Å². The summed E-state index contributed by atoms with van der Waals surface area (Å²) >= 11 is 0. The molecule has 7 aromatic rings. The van der Waals surface area contributed by atoms with Crippen molar-refractivity contribution in [1.82, 2.24) is 29.5 Å². The molecule has 282 valence electrons. The summed E-state index contributed by atoms with van der Waals surface area (Å²) in [5.41, 5.74) is 3.97. The summed E-state index contributed by atoms with van der Waals surface area (Å²) in [6, 6.07) is 27.8. The highest BCUT2D eigenvalue weighted by molar-refractivity contribution is 6.07. The summed E-state index contributed by atoms with van der Waals surface area (Å²) in [4.78, 5) is 59.5. The Hall–Kier alpha value is -7.15. The Balaban J connectivity index is 0.000000190. The molecule has 0 radical (unpaired) electrons. The fraction of sp³-hybridized carbons (Fsp3) is 0.163. The van der Waals surface area contributed by atoms with Crippen molar-refractivity contribution >= 4 is 45.2 Å². The lowest BCUT2D eigenvalue weighted by atomic mass is 10.0. The molecule has 0 saturated carbocycles. The normalized spacial score (nSPS) is 10.8. The molecule has 0 aliphatic carbocycles. The summed E-state index contributed by atoms with van der Waals surface area (Å²) in [7, 11) is 0. The van der Waals surface area contributed by atoms with Crippen LogP contribution in [0.3, 0.4) is 0 Å². The third-order valence-corrected chi connectivity index (χ3v) is 8.75. The maximum atomic E-state index is 13.8. The first-order chi connectivity index (χ1) is 27.0. The SMILES string of the molecule is CC(=O)c1c(-c2cccc(F)c2)nn(C(C)C)c(=O)c1Nc1cccnc1.CCn1nc(-c2ccccc2)c(C(C)=O)c(Nc2cccc3ncccc23)c1=O. The molecule has 56 heavy (non-hydrogen) atoms. The number of hydrogen-bond acceptors (Lipinski definition) is 10. The summed E-state index contributed by atoms with van der Waals surface area (Å²) < 4.78 is 16.4. The molecule has 0 aliphatic heterocycles. The lowest BCUT2D eigenvalue weighted by molar-refractivity contribution is 0.101. The van der Waals surface area contributed by atoms with Crippen LogP contribution in [0.4, 0.5) is 27.1 Å². The molecule has 13 heteroatoms. The van der Waals surface area contributed by atoms with Crippen molar-refractivity contribution < 1.29 is 14.0 Å². The number of fused-ring (bicyclic) bond motifs is 1. The van der Waals surface area contributed by atoms with Crippen LogP contribution in [0.15, 0.2) is 125 Å². The van der Waals surface area contributed by atoms with E-state index in [1.807, 2.05) is 81.4 Å². The fourth-order valence-electron chi connectivity index (χ4n) is 6.16. The van der Waals surface area contributed by atoms with Gasteiger partial charge in [-0.3, -0.25) is 29.1 Å². The number of carbonyl (C=O) groups excluding carboxylic acids is 2. The van der Waals surface area contributed by atoms with Gasteiger partial charge in [0.15, 0.2) is 11.6 Å². The number of pyridine rings is 2. The summed E-state index contributed by atoms with van der Waals surface area (Å²) in [6.07, 6.45) is 4.87. The van der Waals surface area contributed by atoms with Gasteiger partial charge in [0.2, 0.25) is 0 Å². The predicted molar refractivity (Wildman–Crippen MR) is 216 cm³/mol. The zero-order valence-electron chi connectivity index (χ0n) is 31.4. The van der Waals surface area contributed by atoms with E-state index in [0.717, 1.165) is 16.5 Å². The number of hydrogen-bond donors (Lipinski definition) is 2. The van der Waals surface area contributed by atoms with E-state index in [2.05, 4.69) is 30.8 Å². The molecule has 4 heterocycles. The maximum Gasteiger partial charge on any atom is 0.291 e. The molecule has 0 amide bonds. The Morgan fingerprint density at radius 3 is 2.04 bits per heavy atom. The standard InChI is InChI=1S/C23H20N4O2.C20H19FN4O2/c1-3-27-23(29)22(25-19-13-7-12-18-17(19)11-8-14-24-18)20(15(2)28)21(26-27)16-9-5-4-6-10-16;1-12(2)25-20(27)19(23-16-8-5-9-22-11-16)17(13(3)26)18(24-25)14-6-4-7-15(21)10-14/h4-14,25H,3H2,1-2H3;4-12,23H,1-3H3. The Labute approximate surface area is 321 Å². The van der Waals surface area contributed by atoms with Crippen LogP contribution in [-0.2, 0) is 6.54 Å². The number of benzene rings is 3. The molecule has 0 aliphatic rings. The number of Topliss-reactive ketones (excluding diaryl/α,β-unsaturated/α-hetero) is 2. The number of carbonyl (C=O) groups is 2. The minimum atomic E-state index is -0.451. The Kier molecular flexibility index (Phi) is 11.6. The fourth-order valence-corrected chi connectivity index (χ4v) is 6.16. The van der Waals surface area contributed by atoms with E-state index in [9.17, 15) is 23.6 Å². The monoisotopic (exact) mass is 750 g/mol. The average molecular weight is 751 g/mol. The molecule has 7 rings (SSSR count). The van der Waals surface area contributed by atoms with Crippen molar-refractivity contribution in [2.24, 2.45) is 0 Å². The molecular formula is C43H39FN8O4. The molecule has 0 bridgehead atoms. The van der Waals surface area contributed by atoms with Gasteiger partial charge in [-0.25, -0.2) is 13.8 Å². The van der Waals surface area contributed by atoms with E-state index in [-0.39, 0.29) is 51.4 Å². The van der Waals surface area contributed by atoms with Gasteiger partial charge in [-0.15, -0.1) is 0 Å². The van der Waals surface area contributed by atoms with Gasteiger partial charge in [-0.05, 0) is 83.1 Å². The van der Waals surface area contributed by atoms with Gasteiger partial charge < -0.3 is 10.6 Å². The predicted octanol–water partition coefficient (Wildman–Crippen LogP) is 8.40. The first kappa shape index (κ1) is 38.6. The highest BCUT2D eigenvalue weighted by Gasteiger charge is 2.24. The highest BCUT2D eigenvalue weighted by Crippen LogP contribution is 2.31. The average Bonchev–Trinajstić information content (AvgIpc) is 3.20. The molecule has 0 saturated heterocycles. The van der Waals surface area contributed by atoms with E-state index in [0.29, 0.717) is 29.2 Å². The topological polar surface area (TPSA) is 154 Å². The van der Waals surface area contributed by atoms with Crippen LogP contribution in [-0.4, -0.2) is 41.1 Å². The van der Waals surface area contributed by atoms with Crippen LogP contribution in [0.2, 0.25) is 0 Å². The maximum absolute atomic E-state index is 13.8. The Bertz CT molecular complexity index is 2670. The summed E-state index contributed by atoms with van der Waals surface area (Å²) in [6.45, 7) is 8.67. The minimum Gasteiger partial charge on any atom is -0.350 e. The van der Waals surface area contributed by atoms with Crippen LogP contribution in [0.5, 0.6) is 0 Å². The number of aromatic nitrogens is 6. The largest absolute Gasteiger partial charge is 0.350 e. The van der Waals surface area contributed by atoms with Gasteiger partial charge >= 0.3 is 0 Å². The molecule has 0 atom stereocenters. The summed E-state index contributed by atoms with van der Waals surface area (Å²) in [5, 5.41) is 15.9. The molecule has 0 unspecified atom stereocenters. The molecule has 0 spiro atoms. The molecule has 4 aromatic heterocycles.